The number of ether oxygens (including phenoxy) is 1. The fourth-order valence-electron chi connectivity index (χ4n) is 3.39. The van der Waals surface area contributed by atoms with Crippen LogP contribution in [0, 0.1) is 0 Å². The summed E-state index contributed by atoms with van der Waals surface area (Å²) in [4.78, 5) is 8.56. The van der Waals surface area contributed by atoms with Crippen molar-refractivity contribution in [1.29, 1.82) is 0 Å². The second-order valence-corrected chi connectivity index (χ2v) is 7.05. The van der Waals surface area contributed by atoms with Crippen LogP contribution in [0.3, 0.4) is 0 Å². The highest BCUT2D eigenvalue weighted by molar-refractivity contribution is 6.28. The number of hydrogen-bond donors (Lipinski definition) is 4. The number of rotatable bonds is 5. The highest BCUT2D eigenvalue weighted by atomic mass is 35.5. The molecule has 2 aromatic carbocycles. The summed E-state index contributed by atoms with van der Waals surface area (Å²) >= 11 is 6.10. The molecule has 4 atom stereocenters. The first kappa shape index (κ1) is 19.0. The van der Waals surface area contributed by atoms with Crippen LogP contribution in [0.2, 0.25) is 5.28 Å². The summed E-state index contributed by atoms with van der Waals surface area (Å²) in [5, 5.41) is 33.6. The van der Waals surface area contributed by atoms with Crippen molar-refractivity contribution in [3.63, 3.8) is 0 Å². The molecule has 0 saturated carbocycles. The summed E-state index contributed by atoms with van der Waals surface area (Å²) in [6.07, 6.45) is -3.87. The molecule has 0 radical (unpaired) electrons. The van der Waals surface area contributed by atoms with Gasteiger partial charge in [0, 0.05) is 11.9 Å². The zero-order valence-electron chi connectivity index (χ0n) is 14.9. The molecule has 4 N–H and O–H groups in total. The van der Waals surface area contributed by atoms with E-state index in [1.54, 1.807) is 12.1 Å². The number of anilines is 1. The predicted octanol–water partition coefficient (Wildman–Crippen LogP) is 2.05. The Balaban J connectivity index is 1.63. The fourth-order valence-corrected chi connectivity index (χ4v) is 3.56. The van der Waals surface area contributed by atoms with Crippen LogP contribution in [-0.4, -0.2) is 50.2 Å². The first-order chi connectivity index (χ1) is 13.6. The summed E-state index contributed by atoms with van der Waals surface area (Å²) < 4.78 is 5.59. The maximum absolute atomic E-state index is 10.2. The molecular weight excluding hydrogens is 382 g/mol. The lowest BCUT2D eigenvalue weighted by atomic mass is 10.0. The van der Waals surface area contributed by atoms with Crippen molar-refractivity contribution in [2.45, 2.75) is 31.0 Å². The van der Waals surface area contributed by atoms with Crippen molar-refractivity contribution in [2.24, 2.45) is 0 Å². The number of nitrogens with one attached hydrogen (secondary N) is 1. The van der Waals surface area contributed by atoms with Crippen LogP contribution < -0.4 is 5.32 Å². The molecule has 1 aromatic heterocycles. The molecule has 1 unspecified atom stereocenters. The molecule has 0 spiro atoms. The Hall–Kier alpha value is -2.29. The van der Waals surface area contributed by atoms with Crippen molar-refractivity contribution in [1.82, 2.24) is 9.97 Å². The van der Waals surface area contributed by atoms with Gasteiger partial charge in [0.15, 0.2) is 0 Å². The van der Waals surface area contributed by atoms with E-state index in [2.05, 4.69) is 15.3 Å². The van der Waals surface area contributed by atoms with Crippen LogP contribution in [-0.2, 0) is 11.3 Å². The lowest BCUT2D eigenvalue weighted by Crippen LogP contribution is -2.32. The summed E-state index contributed by atoms with van der Waals surface area (Å²) in [5.41, 5.74) is 2.33. The van der Waals surface area contributed by atoms with E-state index >= 15 is 0 Å². The molecule has 8 heteroatoms. The Labute approximate surface area is 166 Å². The standard InChI is InChI=1S/C20H20ClN3O4/c21-20-23-14-8-12(18-17(27)16(26)15(10-25)28-18)6-7-13(14)19(24-20)22-9-11-4-2-1-3-5-11/h1-8,15-18,25-27H,9-10H2,(H,22,23,24)/t15-,16-,17-,18?/m1/s1. The monoisotopic (exact) mass is 401 g/mol. The SMILES string of the molecule is OC[C@H]1OC(c2ccc3c(NCc4ccccc4)nc(Cl)nc3c2)[C@H](O)[C@@H]1O. The molecule has 3 aromatic rings. The van der Waals surface area contributed by atoms with Gasteiger partial charge in [-0.1, -0.05) is 36.4 Å². The third-order valence-corrected chi connectivity index (χ3v) is 5.04. The van der Waals surface area contributed by atoms with Crippen LogP contribution in [0.25, 0.3) is 10.9 Å². The summed E-state index contributed by atoms with van der Waals surface area (Å²) in [7, 11) is 0. The predicted molar refractivity (Wildman–Crippen MR) is 105 cm³/mol. The van der Waals surface area contributed by atoms with Crippen molar-refractivity contribution in [3.05, 3.63) is 64.9 Å². The van der Waals surface area contributed by atoms with Crippen LogP contribution >= 0.6 is 11.6 Å². The Morgan fingerprint density at radius 1 is 1.04 bits per heavy atom. The van der Waals surface area contributed by atoms with Gasteiger partial charge in [-0.25, -0.2) is 9.97 Å². The molecule has 0 bridgehead atoms. The van der Waals surface area contributed by atoms with Gasteiger partial charge in [-0.15, -0.1) is 0 Å². The minimum Gasteiger partial charge on any atom is -0.394 e. The van der Waals surface area contributed by atoms with Crippen molar-refractivity contribution in [3.8, 4) is 0 Å². The highest BCUT2D eigenvalue weighted by Gasteiger charge is 2.43. The molecule has 1 saturated heterocycles. The lowest BCUT2D eigenvalue weighted by Gasteiger charge is -2.16. The molecule has 1 aliphatic rings. The quantitative estimate of drug-likeness (QED) is 0.484. The summed E-state index contributed by atoms with van der Waals surface area (Å²) in [5.74, 6) is 0.603. The van der Waals surface area contributed by atoms with Gasteiger partial charge >= 0.3 is 0 Å². The van der Waals surface area contributed by atoms with Gasteiger partial charge in [-0.2, -0.15) is 0 Å². The van der Waals surface area contributed by atoms with Gasteiger partial charge in [-0.3, -0.25) is 0 Å². The number of aromatic nitrogens is 2. The van der Waals surface area contributed by atoms with Gasteiger partial charge in [-0.05, 0) is 34.9 Å². The van der Waals surface area contributed by atoms with E-state index < -0.39 is 24.4 Å². The number of nitrogens with zero attached hydrogens (tertiary/aromatic N) is 2. The molecule has 146 valence electrons. The molecule has 1 fully saturated rings. The van der Waals surface area contributed by atoms with Gasteiger partial charge in [0.2, 0.25) is 5.28 Å². The molecule has 4 rings (SSSR count). The van der Waals surface area contributed by atoms with Gasteiger partial charge in [0.1, 0.15) is 30.2 Å². The van der Waals surface area contributed by atoms with Gasteiger partial charge in [0.25, 0.3) is 0 Å². The van der Waals surface area contributed by atoms with Crippen LogP contribution in [0.15, 0.2) is 48.5 Å². The molecule has 0 aliphatic carbocycles. The zero-order chi connectivity index (χ0) is 19.7. The topological polar surface area (TPSA) is 108 Å². The zero-order valence-corrected chi connectivity index (χ0v) is 15.6. The maximum atomic E-state index is 10.2. The minimum absolute atomic E-state index is 0.0985. The number of aliphatic hydroxyl groups excluding tert-OH is 3. The molecule has 7 nitrogen and oxygen atoms in total. The summed E-state index contributed by atoms with van der Waals surface area (Å²) in [6, 6.07) is 15.3. The number of halogens is 1. The van der Waals surface area contributed by atoms with Crippen molar-refractivity contribution >= 4 is 28.3 Å². The van der Waals surface area contributed by atoms with Crippen LogP contribution in [0.4, 0.5) is 5.82 Å². The first-order valence-corrected chi connectivity index (χ1v) is 9.32. The summed E-state index contributed by atoms with van der Waals surface area (Å²) in [6.45, 7) is 0.212. The average Bonchev–Trinajstić information content (AvgIpc) is 3.00. The molecule has 0 amide bonds. The molecular formula is C20H20ClN3O4. The Morgan fingerprint density at radius 3 is 2.54 bits per heavy atom. The normalized spacial score (nSPS) is 24.6. The Bertz CT molecular complexity index is 972. The number of aliphatic hydroxyl groups is 3. The van der Waals surface area contributed by atoms with Crippen LogP contribution in [0.5, 0.6) is 0 Å². The van der Waals surface area contributed by atoms with Gasteiger partial charge < -0.3 is 25.4 Å². The Kier molecular flexibility index (Phi) is 5.43. The number of hydrogen-bond acceptors (Lipinski definition) is 7. The van der Waals surface area contributed by atoms with E-state index in [0.717, 1.165) is 10.9 Å². The lowest BCUT2D eigenvalue weighted by molar-refractivity contribution is -0.0227. The van der Waals surface area contributed by atoms with Crippen LogP contribution in [0.1, 0.15) is 17.2 Å². The van der Waals surface area contributed by atoms with E-state index in [1.165, 1.54) is 0 Å². The fraction of sp³-hybridized carbons (Fsp3) is 0.300. The van der Waals surface area contributed by atoms with E-state index in [1.807, 2.05) is 36.4 Å². The molecule has 2 heterocycles. The third-order valence-electron chi connectivity index (χ3n) is 4.87. The van der Waals surface area contributed by atoms with E-state index in [-0.39, 0.29) is 11.9 Å². The van der Waals surface area contributed by atoms with Crippen molar-refractivity contribution < 1.29 is 20.1 Å². The minimum atomic E-state index is -1.15. The average molecular weight is 402 g/mol. The molecule has 1 aliphatic heterocycles. The molecule has 28 heavy (non-hydrogen) atoms. The third kappa shape index (κ3) is 3.67. The van der Waals surface area contributed by atoms with Crippen molar-refractivity contribution in [2.75, 3.05) is 11.9 Å². The van der Waals surface area contributed by atoms with E-state index in [0.29, 0.717) is 23.4 Å². The smallest absolute Gasteiger partial charge is 0.224 e. The largest absolute Gasteiger partial charge is 0.394 e. The second kappa shape index (κ2) is 7.98. The first-order valence-electron chi connectivity index (χ1n) is 8.94. The second-order valence-electron chi connectivity index (χ2n) is 6.72. The maximum Gasteiger partial charge on any atom is 0.224 e. The van der Waals surface area contributed by atoms with Gasteiger partial charge in [0.05, 0.1) is 12.1 Å². The number of benzene rings is 2. The van der Waals surface area contributed by atoms with E-state index in [9.17, 15) is 15.3 Å². The highest BCUT2D eigenvalue weighted by Crippen LogP contribution is 2.35. The van der Waals surface area contributed by atoms with E-state index in [4.69, 9.17) is 16.3 Å². The Morgan fingerprint density at radius 2 is 1.82 bits per heavy atom. The number of fused-ring (bicyclic) bond motifs is 1.